The van der Waals surface area contributed by atoms with E-state index in [-0.39, 0.29) is 30.5 Å². The summed E-state index contributed by atoms with van der Waals surface area (Å²) in [5, 5.41) is 12.1. The Hall–Kier alpha value is -7.01. The van der Waals surface area contributed by atoms with E-state index in [2.05, 4.69) is 55.2 Å². The van der Waals surface area contributed by atoms with Gasteiger partial charge in [-0.15, -0.1) is 0 Å². The third kappa shape index (κ3) is 13.1. The number of urea groups is 1. The SMILES string of the molecule is CCCOCCN(CCCOc1cc2c(Nc3ccc(F)c(Cl)c3)ncnc2cc1OC)Cc1ccc(NC(=O)[C@H](CCCNC(N)=O)NC(=O)OCC2c3ccccc3-c3ccccc32)cc1. The van der Waals surface area contributed by atoms with Crippen LogP contribution in [0.1, 0.15) is 55.2 Å². The van der Waals surface area contributed by atoms with E-state index in [9.17, 15) is 18.8 Å². The topological polar surface area (TPSA) is 191 Å². The summed E-state index contributed by atoms with van der Waals surface area (Å²) in [7, 11) is 1.57. The highest BCUT2D eigenvalue weighted by Gasteiger charge is 2.30. The Labute approximate surface area is 399 Å². The van der Waals surface area contributed by atoms with Crippen molar-refractivity contribution in [2.75, 3.05) is 63.8 Å². The van der Waals surface area contributed by atoms with Crippen LogP contribution in [0.25, 0.3) is 22.0 Å². The Bertz CT molecular complexity index is 2630. The highest BCUT2D eigenvalue weighted by atomic mass is 35.5. The van der Waals surface area contributed by atoms with Crippen molar-refractivity contribution in [3.05, 3.63) is 137 Å². The molecule has 15 nitrogen and oxygen atoms in total. The van der Waals surface area contributed by atoms with Crippen molar-refractivity contribution in [1.82, 2.24) is 25.5 Å². The van der Waals surface area contributed by atoms with Crippen LogP contribution in [0.4, 0.5) is 31.2 Å². The number of methoxy groups -OCH3 is 1. The summed E-state index contributed by atoms with van der Waals surface area (Å²) in [5.74, 6) is 0.440. The number of nitrogens with one attached hydrogen (secondary N) is 4. The van der Waals surface area contributed by atoms with E-state index in [4.69, 9.17) is 36.3 Å². The first-order valence-electron chi connectivity index (χ1n) is 22.6. The van der Waals surface area contributed by atoms with Crippen molar-refractivity contribution < 1.29 is 37.7 Å². The van der Waals surface area contributed by atoms with Crippen molar-refractivity contribution in [2.24, 2.45) is 5.73 Å². The molecule has 6 aromatic rings. The minimum Gasteiger partial charge on any atom is -0.493 e. The summed E-state index contributed by atoms with van der Waals surface area (Å²) < 4.78 is 37.4. The van der Waals surface area contributed by atoms with E-state index in [1.165, 1.54) is 18.5 Å². The Morgan fingerprint density at radius 2 is 1.59 bits per heavy atom. The number of carbonyl (C=O) groups excluding carboxylic acids is 3. The zero-order chi connectivity index (χ0) is 47.8. The molecule has 1 aromatic heterocycles. The summed E-state index contributed by atoms with van der Waals surface area (Å²) in [6.45, 7) is 6.00. The molecule has 1 aliphatic rings. The summed E-state index contributed by atoms with van der Waals surface area (Å²) in [6, 6.07) is 30.0. The number of amides is 4. The van der Waals surface area contributed by atoms with Crippen LogP contribution in [0.15, 0.2) is 109 Å². The lowest BCUT2D eigenvalue weighted by molar-refractivity contribution is -0.118. The first-order chi connectivity index (χ1) is 33.1. The molecule has 17 heteroatoms. The minimum atomic E-state index is -0.955. The number of fused-ring (bicyclic) bond motifs is 4. The van der Waals surface area contributed by atoms with E-state index in [0.29, 0.717) is 91.9 Å². The second-order valence-corrected chi connectivity index (χ2v) is 16.6. The molecule has 6 N–H and O–H groups in total. The number of nitrogens with two attached hydrogens (primary N) is 1. The van der Waals surface area contributed by atoms with Crippen LogP contribution in [0.3, 0.4) is 0 Å². The number of hydrogen-bond acceptors (Lipinski definition) is 11. The smallest absolute Gasteiger partial charge is 0.407 e. The largest absolute Gasteiger partial charge is 0.493 e. The van der Waals surface area contributed by atoms with Gasteiger partial charge in [0.05, 0.1) is 30.9 Å². The molecule has 0 spiro atoms. The van der Waals surface area contributed by atoms with E-state index in [0.717, 1.165) is 34.2 Å². The molecule has 1 heterocycles. The Kier molecular flexibility index (Phi) is 17.4. The summed E-state index contributed by atoms with van der Waals surface area (Å²) in [4.78, 5) is 49.4. The van der Waals surface area contributed by atoms with Gasteiger partial charge in [0.25, 0.3) is 0 Å². The van der Waals surface area contributed by atoms with Gasteiger partial charge in [-0.05, 0) is 89.9 Å². The molecule has 0 saturated heterocycles. The molecule has 0 unspecified atom stereocenters. The van der Waals surface area contributed by atoms with Gasteiger partial charge in [0.15, 0.2) is 11.5 Å². The molecule has 0 bridgehead atoms. The van der Waals surface area contributed by atoms with Crippen LogP contribution in [-0.4, -0.2) is 92.1 Å². The third-order valence-electron chi connectivity index (χ3n) is 11.4. The number of halogens is 2. The normalized spacial score (nSPS) is 12.2. The number of primary amides is 1. The molecule has 356 valence electrons. The van der Waals surface area contributed by atoms with Crippen molar-refractivity contribution in [3.63, 3.8) is 0 Å². The number of rotatable bonds is 24. The Balaban J connectivity index is 0.949. The predicted octanol–water partition coefficient (Wildman–Crippen LogP) is 9.17. The van der Waals surface area contributed by atoms with E-state index >= 15 is 0 Å². The molecule has 0 saturated carbocycles. The highest BCUT2D eigenvalue weighted by Crippen LogP contribution is 2.44. The van der Waals surface area contributed by atoms with Gasteiger partial charge < -0.3 is 45.9 Å². The fourth-order valence-electron chi connectivity index (χ4n) is 8.08. The van der Waals surface area contributed by atoms with Crippen LogP contribution in [0.5, 0.6) is 11.5 Å². The standard InChI is InChI=1S/C51H56ClFN8O7/c1-3-24-66-26-23-61(22-9-25-67-47-28-40-45(29-46(47)65-2)56-32-57-48(40)58-35-19-20-43(53)42(52)27-35)30-33-15-17-34(18-16-33)59-49(62)44(14-8-21-55-50(54)63)60-51(64)68-31-41-38-12-6-4-10-36(38)37-11-5-7-13-39(37)41/h4-7,10-13,15-20,27-29,32,41,44H,3,8-9,14,21-26,30-31H2,1-2H3,(H,59,62)(H,60,64)(H3,54,55,63)(H,56,57,58)/t44-/m0/s1. The third-order valence-corrected chi connectivity index (χ3v) is 11.7. The summed E-state index contributed by atoms with van der Waals surface area (Å²) in [6.07, 6.45) is 2.91. The zero-order valence-electron chi connectivity index (χ0n) is 38.1. The molecule has 5 aromatic carbocycles. The van der Waals surface area contributed by atoms with Gasteiger partial charge in [-0.1, -0.05) is 79.2 Å². The molecular formula is C51H56ClFN8O7. The maximum atomic E-state index is 13.8. The van der Waals surface area contributed by atoms with Gasteiger partial charge in [0.1, 0.15) is 30.6 Å². The average molecular weight is 948 g/mol. The predicted molar refractivity (Wildman–Crippen MR) is 261 cm³/mol. The molecule has 0 aliphatic heterocycles. The van der Waals surface area contributed by atoms with Crippen LogP contribution in [-0.2, 0) is 20.8 Å². The van der Waals surface area contributed by atoms with Crippen molar-refractivity contribution in [2.45, 2.75) is 51.1 Å². The molecule has 0 radical (unpaired) electrons. The highest BCUT2D eigenvalue weighted by molar-refractivity contribution is 6.31. The molecule has 7 rings (SSSR count). The van der Waals surface area contributed by atoms with Crippen LogP contribution >= 0.6 is 11.6 Å². The molecular weight excluding hydrogens is 891 g/mol. The summed E-state index contributed by atoms with van der Waals surface area (Å²) in [5.41, 5.74) is 12.4. The molecule has 68 heavy (non-hydrogen) atoms. The van der Waals surface area contributed by atoms with Crippen LogP contribution in [0, 0.1) is 5.82 Å². The number of hydrogen-bond donors (Lipinski definition) is 5. The number of ether oxygens (including phenoxy) is 4. The second-order valence-electron chi connectivity index (χ2n) is 16.2. The molecule has 0 fully saturated rings. The van der Waals surface area contributed by atoms with Crippen molar-refractivity contribution in [3.8, 4) is 22.6 Å². The van der Waals surface area contributed by atoms with Gasteiger partial charge >= 0.3 is 12.1 Å². The number of aromatic nitrogens is 2. The Morgan fingerprint density at radius 3 is 2.29 bits per heavy atom. The van der Waals surface area contributed by atoms with Gasteiger partial charge in [-0.25, -0.2) is 23.9 Å². The van der Waals surface area contributed by atoms with E-state index < -0.39 is 29.9 Å². The lowest BCUT2D eigenvalue weighted by Crippen LogP contribution is -2.44. The second kappa shape index (κ2) is 24.1. The van der Waals surface area contributed by atoms with Crippen LogP contribution < -0.4 is 36.5 Å². The minimum absolute atomic E-state index is 0.0102. The monoisotopic (exact) mass is 946 g/mol. The number of benzene rings is 5. The maximum absolute atomic E-state index is 13.8. The maximum Gasteiger partial charge on any atom is 0.407 e. The van der Waals surface area contributed by atoms with Crippen molar-refractivity contribution in [1.29, 1.82) is 0 Å². The van der Waals surface area contributed by atoms with E-state index in [1.807, 2.05) is 66.7 Å². The summed E-state index contributed by atoms with van der Waals surface area (Å²) >= 11 is 6.02. The number of carbonyl (C=O) groups is 3. The lowest BCUT2D eigenvalue weighted by Gasteiger charge is -2.23. The van der Waals surface area contributed by atoms with Gasteiger partial charge in [0, 0.05) is 61.5 Å². The lowest BCUT2D eigenvalue weighted by atomic mass is 9.98. The first-order valence-corrected chi connectivity index (χ1v) is 23.0. The molecule has 1 aliphatic carbocycles. The number of alkyl carbamates (subject to hydrolysis) is 1. The average Bonchev–Trinajstić information content (AvgIpc) is 3.66. The molecule has 1 atom stereocenters. The first kappa shape index (κ1) is 48.9. The number of anilines is 3. The zero-order valence-corrected chi connectivity index (χ0v) is 38.8. The van der Waals surface area contributed by atoms with Gasteiger partial charge in [-0.3, -0.25) is 9.69 Å². The van der Waals surface area contributed by atoms with Gasteiger partial charge in [0.2, 0.25) is 5.91 Å². The number of nitrogens with zero attached hydrogens (tertiary/aromatic N) is 3. The fraction of sp³-hybridized carbons (Fsp3) is 0.314. The van der Waals surface area contributed by atoms with E-state index in [1.54, 1.807) is 19.2 Å². The van der Waals surface area contributed by atoms with Gasteiger partial charge in [-0.2, -0.15) is 0 Å². The quantitative estimate of drug-likeness (QED) is 0.0364. The van der Waals surface area contributed by atoms with Crippen LogP contribution in [0.2, 0.25) is 5.02 Å². The Morgan fingerprint density at radius 1 is 0.853 bits per heavy atom. The van der Waals surface area contributed by atoms with Crippen molar-refractivity contribution >= 4 is 57.7 Å². The molecule has 4 amide bonds. The fourth-order valence-corrected chi connectivity index (χ4v) is 8.26.